The third-order valence-electron chi connectivity index (χ3n) is 1.32. The van der Waals surface area contributed by atoms with Gasteiger partial charge in [-0.2, -0.15) is 0 Å². The first kappa shape index (κ1) is 9.08. The van der Waals surface area contributed by atoms with Crippen LogP contribution in [0.15, 0.2) is 6.20 Å². The van der Waals surface area contributed by atoms with Crippen LogP contribution in [0, 0.1) is 0 Å². The molecule has 0 radical (unpaired) electrons. The molecule has 1 rings (SSSR count). The van der Waals surface area contributed by atoms with E-state index in [-0.39, 0.29) is 11.9 Å². The van der Waals surface area contributed by atoms with Gasteiger partial charge in [0.15, 0.2) is 0 Å². The summed E-state index contributed by atoms with van der Waals surface area (Å²) in [7, 11) is 0. The van der Waals surface area contributed by atoms with Crippen molar-refractivity contribution in [2.24, 2.45) is 5.73 Å². The second-order valence-corrected chi connectivity index (χ2v) is 3.18. The monoisotopic (exact) mass is 186 g/mol. The fourth-order valence-corrected chi connectivity index (χ4v) is 1.04. The third kappa shape index (κ3) is 2.24. The largest absolute Gasteiger partial charge is 0.348 e. The number of carbonyl (C=O) groups excluding carboxylic acids is 1. The number of hydrogen-bond acceptors (Lipinski definition) is 5. The molecule has 12 heavy (non-hydrogen) atoms. The molecule has 1 atom stereocenters. The number of nitrogens with two attached hydrogens (primary N) is 1. The zero-order valence-corrected chi connectivity index (χ0v) is 7.47. The number of nitrogens with zero attached hydrogens (tertiary/aromatic N) is 2. The van der Waals surface area contributed by atoms with E-state index in [2.05, 4.69) is 14.9 Å². The van der Waals surface area contributed by atoms with E-state index in [1.165, 1.54) is 6.20 Å². The highest BCUT2D eigenvalue weighted by Gasteiger charge is 2.09. The number of carbonyl (C=O) groups is 1. The minimum atomic E-state index is -0.164. The maximum Gasteiger partial charge on any atom is 0.264 e. The molecule has 0 aromatic carbocycles. The normalized spacial score (nSPS) is 12.5. The number of aromatic nitrogens is 2. The molecule has 0 aliphatic carbocycles. The van der Waals surface area contributed by atoms with Crippen LogP contribution < -0.4 is 11.1 Å². The first-order chi connectivity index (χ1) is 5.74. The van der Waals surface area contributed by atoms with Gasteiger partial charge in [-0.05, 0) is 18.5 Å². The Bertz CT molecular complexity index is 248. The van der Waals surface area contributed by atoms with E-state index < -0.39 is 0 Å². The number of amides is 1. The first-order valence-electron chi connectivity index (χ1n) is 3.52. The van der Waals surface area contributed by atoms with Crippen LogP contribution in [0.25, 0.3) is 0 Å². The molecule has 1 amide bonds. The zero-order chi connectivity index (χ0) is 8.97. The van der Waals surface area contributed by atoms with Crippen LogP contribution in [0.2, 0.25) is 0 Å². The predicted molar refractivity (Wildman–Crippen MR) is 45.9 cm³/mol. The Labute approximate surface area is 74.1 Å². The molecule has 0 aliphatic rings. The molecule has 0 unspecified atom stereocenters. The van der Waals surface area contributed by atoms with Crippen molar-refractivity contribution in [3.05, 3.63) is 11.1 Å². The molecule has 0 aliphatic heterocycles. The van der Waals surface area contributed by atoms with Crippen molar-refractivity contribution in [1.82, 2.24) is 14.9 Å². The summed E-state index contributed by atoms with van der Waals surface area (Å²) in [4.78, 5) is 11.7. The lowest BCUT2D eigenvalue weighted by Crippen LogP contribution is -2.37. The molecule has 0 saturated carbocycles. The Morgan fingerprint density at radius 3 is 3.17 bits per heavy atom. The molecule has 5 nitrogen and oxygen atoms in total. The lowest BCUT2D eigenvalue weighted by Gasteiger charge is -2.08. The highest BCUT2D eigenvalue weighted by molar-refractivity contribution is 7.07. The fraction of sp³-hybridized carbons (Fsp3) is 0.500. The van der Waals surface area contributed by atoms with Gasteiger partial charge in [-0.3, -0.25) is 4.79 Å². The van der Waals surface area contributed by atoms with Gasteiger partial charge in [-0.1, -0.05) is 4.49 Å². The van der Waals surface area contributed by atoms with Gasteiger partial charge in [0.05, 0.1) is 6.20 Å². The maximum absolute atomic E-state index is 11.2. The van der Waals surface area contributed by atoms with Crippen LogP contribution in [-0.2, 0) is 0 Å². The van der Waals surface area contributed by atoms with Gasteiger partial charge >= 0.3 is 0 Å². The molecule has 1 aromatic heterocycles. The maximum atomic E-state index is 11.2. The van der Waals surface area contributed by atoms with Crippen molar-refractivity contribution < 1.29 is 4.79 Å². The summed E-state index contributed by atoms with van der Waals surface area (Å²) in [6.07, 6.45) is 1.43. The average Bonchev–Trinajstić information content (AvgIpc) is 2.56. The molecule has 0 spiro atoms. The second-order valence-electron chi connectivity index (χ2n) is 2.39. The molecular weight excluding hydrogens is 176 g/mol. The van der Waals surface area contributed by atoms with Crippen molar-refractivity contribution in [3.63, 3.8) is 0 Å². The van der Waals surface area contributed by atoms with Gasteiger partial charge < -0.3 is 11.1 Å². The van der Waals surface area contributed by atoms with Crippen LogP contribution in [0.4, 0.5) is 0 Å². The van der Waals surface area contributed by atoms with Crippen molar-refractivity contribution in [1.29, 1.82) is 0 Å². The molecule has 3 N–H and O–H groups in total. The molecule has 0 fully saturated rings. The summed E-state index contributed by atoms with van der Waals surface area (Å²) in [5.74, 6) is -0.164. The van der Waals surface area contributed by atoms with Gasteiger partial charge in [0.2, 0.25) is 0 Å². The number of hydrogen-bond donors (Lipinski definition) is 2. The van der Waals surface area contributed by atoms with E-state index in [1.807, 2.05) is 6.92 Å². The van der Waals surface area contributed by atoms with Gasteiger partial charge in [-0.25, -0.2) is 0 Å². The van der Waals surface area contributed by atoms with Crippen LogP contribution in [0.3, 0.4) is 0 Å². The topological polar surface area (TPSA) is 80.9 Å². The molecule has 0 bridgehead atoms. The summed E-state index contributed by atoms with van der Waals surface area (Å²) in [5, 5.41) is 6.25. The van der Waals surface area contributed by atoms with Crippen molar-refractivity contribution in [2.45, 2.75) is 13.0 Å². The number of rotatable bonds is 3. The summed E-state index contributed by atoms with van der Waals surface area (Å²) in [5.41, 5.74) is 5.33. The Morgan fingerprint density at radius 2 is 2.67 bits per heavy atom. The zero-order valence-electron chi connectivity index (χ0n) is 6.65. The quantitative estimate of drug-likeness (QED) is 0.674. The van der Waals surface area contributed by atoms with E-state index in [9.17, 15) is 4.79 Å². The lowest BCUT2D eigenvalue weighted by atomic mass is 10.3. The summed E-state index contributed by atoms with van der Waals surface area (Å²) in [6, 6.07) is -0.0143. The van der Waals surface area contributed by atoms with Crippen LogP contribution in [0.1, 0.15) is 16.6 Å². The molecule has 1 heterocycles. The predicted octanol–water partition coefficient (Wildman–Crippen LogP) is -0.385. The van der Waals surface area contributed by atoms with E-state index in [0.29, 0.717) is 11.4 Å². The Morgan fingerprint density at radius 1 is 1.92 bits per heavy atom. The molecule has 0 saturated heterocycles. The van der Waals surface area contributed by atoms with E-state index in [0.717, 1.165) is 11.5 Å². The first-order valence-corrected chi connectivity index (χ1v) is 4.29. The van der Waals surface area contributed by atoms with E-state index >= 15 is 0 Å². The van der Waals surface area contributed by atoms with Gasteiger partial charge in [0, 0.05) is 12.6 Å². The van der Waals surface area contributed by atoms with Crippen molar-refractivity contribution in [3.8, 4) is 0 Å². The molecule has 1 aromatic rings. The lowest BCUT2D eigenvalue weighted by molar-refractivity contribution is 0.0945. The van der Waals surface area contributed by atoms with Crippen LogP contribution in [0.5, 0.6) is 0 Å². The van der Waals surface area contributed by atoms with Crippen LogP contribution in [-0.4, -0.2) is 28.1 Å². The SMILES string of the molecule is C[C@H](CN)NC(=O)c1cnns1. The molecule has 6 heteroatoms. The number of nitrogens with one attached hydrogen (secondary N) is 1. The third-order valence-corrected chi connectivity index (χ3v) is 1.98. The molecular formula is C6H10N4OS. The Kier molecular flexibility index (Phi) is 3.12. The Hall–Kier alpha value is -1.01. The van der Waals surface area contributed by atoms with E-state index in [4.69, 9.17) is 5.73 Å². The van der Waals surface area contributed by atoms with Crippen LogP contribution >= 0.6 is 11.5 Å². The minimum Gasteiger partial charge on any atom is -0.348 e. The summed E-state index contributed by atoms with van der Waals surface area (Å²) < 4.78 is 3.58. The Balaban J connectivity index is 2.50. The average molecular weight is 186 g/mol. The summed E-state index contributed by atoms with van der Waals surface area (Å²) >= 11 is 1.07. The van der Waals surface area contributed by atoms with Gasteiger partial charge in [-0.15, -0.1) is 5.10 Å². The second kappa shape index (κ2) is 4.13. The van der Waals surface area contributed by atoms with E-state index in [1.54, 1.807) is 0 Å². The minimum absolute atomic E-state index is 0.0143. The highest BCUT2D eigenvalue weighted by Crippen LogP contribution is 2.01. The fourth-order valence-electron chi connectivity index (χ4n) is 0.621. The standard InChI is InChI=1S/C6H10N4OS/c1-4(2-7)9-6(11)5-3-8-10-12-5/h3-4H,2,7H2,1H3,(H,9,11)/t4-/m1/s1. The highest BCUT2D eigenvalue weighted by atomic mass is 32.1. The smallest absolute Gasteiger partial charge is 0.264 e. The van der Waals surface area contributed by atoms with Crippen molar-refractivity contribution in [2.75, 3.05) is 6.54 Å². The molecule has 66 valence electrons. The van der Waals surface area contributed by atoms with Gasteiger partial charge in [0.1, 0.15) is 4.88 Å². The summed E-state index contributed by atoms with van der Waals surface area (Å²) in [6.45, 7) is 2.27. The van der Waals surface area contributed by atoms with Gasteiger partial charge in [0.25, 0.3) is 5.91 Å². The van der Waals surface area contributed by atoms with Crippen molar-refractivity contribution >= 4 is 17.4 Å².